The van der Waals surface area contributed by atoms with Crippen LogP contribution in [0.1, 0.15) is 52.8 Å². The van der Waals surface area contributed by atoms with Crippen molar-refractivity contribution in [2.75, 3.05) is 37.7 Å². The molecule has 2 aliphatic rings. The summed E-state index contributed by atoms with van der Waals surface area (Å²) in [4.78, 5) is 73.4. The second-order valence-corrected chi connectivity index (χ2v) is 13.8. The summed E-state index contributed by atoms with van der Waals surface area (Å²) < 4.78 is 21.5. The van der Waals surface area contributed by atoms with Gasteiger partial charge < -0.3 is 40.1 Å². The molecule has 304 valence electrons. The van der Waals surface area contributed by atoms with E-state index in [0.717, 1.165) is 10.8 Å². The molecule has 61 heavy (non-hydrogen) atoms. The number of ether oxygens (including phenoxy) is 3. The zero-order valence-electron chi connectivity index (χ0n) is 32.8. The van der Waals surface area contributed by atoms with E-state index < -0.39 is 29.3 Å². The number of hydrogen-bond acceptors (Lipinski definition) is 14. The maximum absolute atomic E-state index is 13.9. The molecular formula is C46H35N5O10. The van der Waals surface area contributed by atoms with Crippen LogP contribution in [0.3, 0.4) is 0 Å². The lowest BCUT2D eigenvalue weighted by atomic mass is 9.87. The number of aromatic carboxylic acids is 1. The number of carbonyl (C=O) groups excluding carboxylic acids is 3. The van der Waals surface area contributed by atoms with Crippen molar-refractivity contribution in [1.82, 2.24) is 9.97 Å². The number of nitrogens with zero attached hydrogens (tertiary/aromatic N) is 2. The third-order valence-electron chi connectivity index (χ3n) is 10.3. The summed E-state index contributed by atoms with van der Waals surface area (Å²) in [5.41, 5.74) is 10.5. The van der Waals surface area contributed by atoms with Gasteiger partial charge in [-0.25, -0.2) is 29.1 Å². The predicted octanol–water partition coefficient (Wildman–Crippen LogP) is 7.53. The molecule has 0 amide bonds. The maximum Gasteiger partial charge on any atom is 0.356 e. The number of hydrogen-bond donors (Lipinski definition) is 4. The van der Waals surface area contributed by atoms with Crippen LogP contribution < -0.4 is 21.8 Å². The lowest BCUT2D eigenvalue weighted by Gasteiger charge is -2.22. The van der Waals surface area contributed by atoms with Gasteiger partial charge in [0.1, 0.15) is 22.7 Å². The SMILES string of the molecule is COC(=O)c1ccc(C(=O)O)c(-c2c3ccc(=O)c(CNc4cccc5ccc(C(=O)OC)nc45)c-3oc3c(CNc4cccc5ccc(C(=O)OC)nc45)c(N)ccc23)c1. The zero-order valence-corrected chi connectivity index (χ0v) is 32.8. The van der Waals surface area contributed by atoms with Crippen molar-refractivity contribution in [2.45, 2.75) is 13.1 Å². The van der Waals surface area contributed by atoms with Crippen molar-refractivity contribution in [3.63, 3.8) is 0 Å². The number of pyridine rings is 2. The van der Waals surface area contributed by atoms with E-state index >= 15 is 0 Å². The Morgan fingerprint density at radius 3 is 1.84 bits per heavy atom. The highest BCUT2D eigenvalue weighted by molar-refractivity contribution is 6.10. The quantitative estimate of drug-likeness (QED) is 0.0429. The first-order valence-electron chi connectivity index (χ1n) is 18.7. The van der Waals surface area contributed by atoms with E-state index in [0.29, 0.717) is 50.2 Å². The van der Waals surface area contributed by atoms with Gasteiger partial charge in [-0.05, 0) is 72.3 Å². The predicted molar refractivity (Wildman–Crippen MR) is 228 cm³/mol. The first-order valence-corrected chi connectivity index (χ1v) is 18.7. The minimum absolute atomic E-state index is 0.0453. The topological polar surface area (TPSA) is 222 Å². The summed E-state index contributed by atoms with van der Waals surface area (Å²) in [7, 11) is 3.76. The lowest BCUT2D eigenvalue weighted by molar-refractivity contribution is 0.0586. The fourth-order valence-corrected chi connectivity index (χ4v) is 7.33. The van der Waals surface area contributed by atoms with Crippen molar-refractivity contribution in [3.8, 4) is 22.5 Å². The van der Waals surface area contributed by atoms with Crippen LogP contribution in [0.2, 0.25) is 0 Å². The molecule has 3 heterocycles. The summed E-state index contributed by atoms with van der Waals surface area (Å²) in [5, 5.41) is 19.0. The number of carbonyl (C=O) groups is 4. The molecule has 1 aliphatic heterocycles. The number of carboxylic acids is 1. The van der Waals surface area contributed by atoms with E-state index in [4.69, 9.17) is 24.4 Å². The molecule has 0 atom stereocenters. The van der Waals surface area contributed by atoms with Crippen LogP contribution >= 0.6 is 0 Å². The van der Waals surface area contributed by atoms with Gasteiger partial charge in [0.2, 0.25) is 0 Å². The van der Waals surface area contributed by atoms with Crippen molar-refractivity contribution in [3.05, 3.63) is 147 Å². The number of methoxy groups -OCH3 is 3. The summed E-state index contributed by atoms with van der Waals surface area (Å²) in [6.45, 7) is -0.0499. The van der Waals surface area contributed by atoms with E-state index in [-0.39, 0.29) is 58.1 Å². The monoisotopic (exact) mass is 817 g/mol. The number of nitrogens with two attached hydrogens (primary N) is 1. The van der Waals surface area contributed by atoms with E-state index in [2.05, 4.69) is 20.6 Å². The number of rotatable bonds is 11. The molecule has 1 aliphatic carbocycles. The van der Waals surface area contributed by atoms with E-state index in [9.17, 15) is 29.1 Å². The van der Waals surface area contributed by atoms with Gasteiger partial charge >= 0.3 is 23.9 Å². The molecule has 6 aromatic rings. The normalized spacial score (nSPS) is 11.1. The van der Waals surface area contributed by atoms with Crippen LogP contribution in [-0.4, -0.2) is 60.3 Å². The average Bonchev–Trinajstić information content (AvgIpc) is 3.28. The molecule has 0 unspecified atom stereocenters. The molecule has 0 radical (unpaired) electrons. The van der Waals surface area contributed by atoms with E-state index in [1.165, 1.54) is 45.6 Å². The van der Waals surface area contributed by atoms with Crippen molar-refractivity contribution in [1.29, 1.82) is 0 Å². The Kier molecular flexibility index (Phi) is 10.4. The highest BCUT2D eigenvalue weighted by atomic mass is 16.5. The van der Waals surface area contributed by atoms with Gasteiger partial charge in [-0.3, -0.25) is 4.79 Å². The van der Waals surface area contributed by atoms with Gasteiger partial charge in [-0.15, -0.1) is 0 Å². The molecule has 0 saturated carbocycles. The second-order valence-electron chi connectivity index (χ2n) is 13.8. The molecule has 2 aromatic heterocycles. The van der Waals surface area contributed by atoms with Crippen molar-refractivity contribution >= 4 is 73.7 Å². The number of anilines is 3. The van der Waals surface area contributed by atoms with Gasteiger partial charge in [0.05, 0.1) is 60.4 Å². The van der Waals surface area contributed by atoms with Crippen LogP contribution in [0, 0.1) is 0 Å². The van der Waals surface area contributed by atoms with Gasteiger partial charge in [-0.1, -0.05) is 36.4 Å². The number of para-hydroxylation sites is 2. The Labute approximate surface area is 346 Å². The first kappa shape index (κ1) is 39.5. The van der Waals surface area contributed by atoms with Crippen molar-refractivity contribution in [2.24, 2.45) is 0 Å². The van der Waals surface area contributed by atoms with E-state index in [1.54, 1.807) is 60.7 Å². The van der Waals surface area contributed by atoms with Crippen LogP contribution in [0.15, 0.2) is 112 Å². The zero-order chi connectivity index (χ0) is 42.9. The third kappa shape index (κ3) is 7.24. The average molecular weight is 818 g/mol. The van der Waals surface area contributed by atoms with Crippen molar-refractivity contribution < 1.29 is 42.9 Å². The number of carboxylic acid groups (broad SMARTS) is 1. The minimum atomic E-state index is -1.27. The number of benzene rings is 5. The highest BCUT2D eigenvalue weighted by Gasteiger charge is 2.27. The molecule has 0 saturated heterocycles. The Hall–Kier alpha value is -8.33. The minimum Gasteiger partial charge on any atom is -0.478 e. The Morgan fingerprint density at radius 1 is 0.672 bits per heavy atom. The van der Waals surface area contributed by atoms with Gasteiger partial charge in [0, 0.05) is 51.6 Å². The molecular weight excluding hydrogens is 783 g/mol. The fraction of sp³-hybridized carbons (Fsp3) is 0.109. The lowest BCUT2D eigenvalue weighted by Crippen LogP contribution is -2.16. The Bertz CT molecular complexity index is 3140. The standard InChI is InChI=1S/C46H35N5O10/c1-58-44(55)25-10-13-26(43(53)54)29(20-25)38-27-14-16-32(47)30(21-48-33-8-4-6-23-11-17-35(45(56)59-2)50-39(23)33)41(27)61-42-28(38)15-19-37(52)31(42)22-49-34-9-5-7-24-12-18-36(46(57)60-3)51-40(24)34/h4-20,48-49H,21-22,47H2,1-3H3,(H,53,54). The summed E-state index contributed by atoms with van der Waals surface area (Å²) in [6, 6.07) is 27.8. The molecule has 0 bridgehead atoms. The van der Waals surface area contributed by atoms with Crippen LogP contribution in [0.25, 0.3) is 55.2 Å². The first-order chi connectivity index (χ1) is 29.5. The van der Waals surface area contributed by atoms with Crippen LogP contribution in [0.5, 0.6) is 0 Å². The van der Waals surface area contributed by atoms with Gasteiger partial charge in [-0.2, -0.15) is 0 Å². The molecule has 15 nitrogen and oxygen atoms in total. The van der Waals surface area contributed by atoms with Gasteiger partial charge in [0.25, 0.3) is 0 Å². The summed E-state index contributed by atoms with van der Waals surface area (Å²) in [5.74, 6) is -3.05. The smallest absolute Gasteiger partial charge is 0.356 e. The number of nitrogens with one attached hydrogen (secondary N) is 2. The second kappa shape index (κ2) is 16.1. The number of esters is 3. The summed E-state index contributed by atoms with van der Waals surface area (Å²) in [6.07, 6.45) is 0. The Morgan fingerprint density at radius 2 is 1.26 bits per heavy atom. The Balaban J connectivity index is 1.33. The maximum atomic E-state index is 13.9. The number of aromatic nitrogens is 2. The molecule has 0 spiro atoms. The largest absolute Gasteiger partial charge is 0.478 e. The molecule has 5 N–H and O–H groups in total. The fourth-order valence-electron chi connectivity index (χ4n) is 7.33. The van der Waals surface area contributed by atoms with Crippen LogP contribution in [0.4, 0.5) is 17.1 Å². The number of nitrogen functional groups attached to an aromatic ring is 1. The molecule has 15 heteroatoms. The van der Waals surface area contributed by atoms with E-state index in [1.807, 2.05) is 18.2 Å². The molecule has 4 aromatic carbocycles. The molecule has 8 rings (SSSR count). The van der Waals surface area contributed by atoms with Crippen LogP contribution in [-0.2, 0) is 27.3 Å². The highest BCUT2D eigenvalue weighted by Crippen LogP contribution is 2.45. The third-order valence-corrected chi connectivity index (χ3v) is 10.3. The molecule has 0 fully saturated rings. The number of fused-ring (bicyclic) bond motifs is 4. The summed E-state index contributed by atoms with van der Waals surface area (Å²) >= 11 is 0. The van der Waals surface area contributed by atoms with Gasteiger partial charge in [0.15, 0.2) is 5.43 Å².